The molecular weight excluding hydrogens is 269 g/mol. The fourth-order valence-corrected chi connectivity index (χ4v) is 2.33. The number of benzene rings is 1. The zero-order chi connectivity index (χ0) is 14.6. The van der Waals surface area contributed by atoms with Gasteiger partial charge in [-0.1, -0.05) is 12.1 Å². The molecule has 0 aromatic heterocycles. The van der Waals surface area contributed by atoms with E-state index in [1.54, 1.807) is 12.1 Å². The first-order chi connectivity index (χ1) is 9.47. The largest absolute Gasteiger partial charge is 0.389 e. The fourth-order valence-electron chi connectivity index (χ4n) is 2.33. The maximum absolute atomic E-state index is 12.0. The molecule has 0 saturated heterocycles. The van der Waals surface area contributed by atoms with E-state index in [0.29, 0.717) is 5.56 Å². The van der Waals surface area contributed by atoms with Gasteiger partial charge in [0.15, 0.2) is 0 Å². The van der Waals surface area contributed by atoms with Crippen molar-refractivity contribution in [1.29, 1.82) is 0 Å². The van der Waals surface area contributed by atoms with Gasteiger partial charge in [0.05, 0.1) is 0 Å². The van der Waals surface area contributed by atoms with E-state index in [0.717, 1.165) is 30.6 Å². The smallest absolute Gasteiger partial charge is 0.352 e. The molecule has 0 unspecified atom stereocenters. The van der Waals surface area contributed by atoms with Crippen molar-refractivity contribution in [2.24, 2.45) is 0 Å². The van der Waals surface area contributed by atoms with Gasteiger partial charge >= 0.3 is 6.18 Å². The van der Waals surface area contributed by atoms with E-state index >= 15 is 0 Å². The molecule has 1 aliphatic rings. The quantitative estimate of drug-likeness (QED) is 0.835. The zero-order valence-corrected chi connectivity index (χ0v) is 11.0. The number of carbonyl (C=O) groups is 1. The second kappa shape index (κ2) is 6.26. The number of hydrogen-bond acceptors (Lipinski definition) is 2. The molecule has 1 amide bonds. The van der Waals surface area contributed by atoms with Crippen LogP contribution in [0, 0.1) is 0 Å². The van der Waals surface area contributed by atoms with Crippen LogP contribution >= 0.6 is 0 Å². The topological polar surface area (TPSA) is 41.1 Å². The SMILES string of the molecule is O=C(NCCCC(F)(F)F)c1cccc2c1CCNC2. The third-order valence-electron chi connectivity index (χ3n) is 3.31. The molecule has 0 saturated carbocycles. The summed E-state index contributed by atoms with van der Waals surface area (Å²) in [6, 6.07) is 5.49. The van der Waals surface area contributed by atoms with E-state index in [4.69, 9.17) is 0 Å². The monoisotopic (exact) mass is 286 g/mol. The molecule has 0 radical (unpaired) electrons. The van der Waals surface area contributed by atoms with E-state index in [-0.39, 0.29) is 18.9 Å². The summed E-state index contributed by atoms with van der Waals surface area (Å²) in [4.78, 5) is 12.0. The van der Waals surface area contributed by atoms with Crippen molar-refractivity contribution in [3.05, 3.63) is 34.9 Å². The highest BCUT2D eigenvalue weighted by Crippen LogP contribution is 2.21. The third-order valence-corrected chi connectivity index (χ3v) is 3.31. The van der Waals surface area contributed by atoms with E-state index in [1.807, 2.05) is 6.07 Å². The summed E-state index contributed by atoms with van der Waals surface area (Å²) in [5, 5.41) is 5.78. The third kappa shape index (κ3) is 3.96. The standard InChI is InChI=1S/C14H17F3N2O/c15-14(16,17)6-2-7-19-13(20)12-4-1-3-10-9-18-8-5-11(10)12/h1,3-4,18H,2,5-9H2,(H,19,20). The van der Waals surface area contributed by atoms with Crippen LogP contribution in [0.4, 0.5) is 13.2 Å². The maximum Gasteiger partial charge on any atom is 0.389 e. The predicted octanol–water partition coefficient (Wildman–Crippen LogP) is 2.40. The van der Waals surface area contributed by atoms with Gasteiger partial charge in [0.2, 0.25) is 0 Å². The Kier molecular flexibility index (Phi) is 4.65. The molecule has 1 aromatic carbocycles. The van der Waals surface area contributed by atoms with Crippen molar-refractivity contribution < 1.29 is 18.0 Å². The maximum atomic E-state index is 12.0. The molecule has 0 fully saturated rings. The Balaban J connectivity index is 1.93. The summed E-state index contributed by atoms with van der Waals surface area (Å²) in [6.45, 7) is 1.58. The highest BCUT2D eigenvalue weighted by Gasteiger charge is 2.26. The van der Waals surface area contributed by atoms with E-state index in [2.05, 4.69) is 10.6 Å². The van der Waals surface area contributed by atoms with Crippen LogP contribution < -0.4 is 10.6 Å². The van der Waals surface area contributed by atoms with Gasteiger partial charge in [-0.15, -0.1) is 0 Å². The molecule has 0 bridgehead atoms. The molecule has 2 rings (SSSR count). The van der Waals surface area contributed by atoms with Crippen LogP contribution in [-0.2, 0) is 13.0 Å². The first-order valence-electron chi connectivity index (χ1n) is 6.64. The number of carbonyl (C=O) groups excluding carboxylic acids is 1. The molecule has 6 heteroatoms. The predicted molar refractivity (Wildman–Crippen MR) is 69.5 cm³/mol. The summed E-state index contributed by atoms with van der Waals surface area (Å²) in [6.07, 6.45) is -4.36. The second-order valence-corrected chi connectivity index (χ2v) is 4.84. The van der Waals surface area contributed by atoms with Crippen molar-refractivity contribution in [2.75, 3.05) is 13.1 Å². The van der Waals surface area contributed by atoms with Crippen LogP contribution in [0.5, 0.6) is 0 Å². The summed E-state index contributed by atoms with van der Waals surface area (Å²) in [5.74, 6) is -0.286. The Labute approximate surface area is 115 Å². The average molecular weight is 286 g/mol. The number of alkyl halides is 3. The molecular formula is C14H17F3N2O. The molecule has 1 aromatic rings. The molecule has 0 atom stereocenters. The Hall–Kier alpha value is -1.56. The van der Waals surface area contributed by atoms with Crippen molar-refractivity contribution in [1.82, 2.24) is 10.6 Å². The first-order valence-corrected chi connectivity index (χ1v) is 6.64. The molecule has 2 N–H and O–H groups in total. The summed E-state index contributed by atoms with van der Waals surface area (Å²) < 4.78 is 36.0. The second-order valence-electron chi connectivity index (χ2n) is 4.84. The molecule has 3 nitrogen and oxygen atoms in total. The van der Waals surface area contributed by atoms with Crippen molar-refractivity contribution in [2.45, 2.75) is 32.0 Å². The first kappa shape index (κ1) is 14.8. The average Bonchev–Trinajstić information content (AvgIpc) is 2.41. The number of fused-ring (bicyclic) bond motifs is 1. The van der Waals surface area contributed by atoms with E-state index < -0.39 is 12.6 Å². The van der Waals surface area contributed by atoms with Gasteiger partial charge in [0, 0.05) is 25.1 Å². The Morgan fingerprint density at radius 1 is 1.35 bits per heavy atom. The van der Waals surface area contributed by atoms with Gasteiger partial charge in [0.25, 0.3) is 5.91 Å². The van der Waals surface area contributed by atoms with Crippen LogP contribution in [0.2, 0.25) is 0 Å². The van der Waals surface area contributed by atoms with Crippen LogP contribution in [0.3, 0.4) is 0 Å². The number of nitrogens with one attached hydrogen (secondary N) is 2. The van der Waals surface area contributed by atoms with Crippen LogP contribution in [-0.4, -0.2) is 25.2 Å². The van der Waals surface area contributed by atoms with E-state index in [9.17, 15) is 18.0 Å². The van der Waals surface area contributed by atoms with Gasteiger partial charge in [-0.2, -0.15) is 13.2 Å². The summed E-state index contributed by atoms with van der Waals surface area (Å²) in [7, 11) is 0. The molecule has 1 heterocycles. The summed E-state index contributed by atoms with van der Waals surface area (Å²) in [5.41, 5.74) is 2.66. The van der Waals surface area contributed by atoms with Gasteiger partial charge in [0.1, 0.15) is 0 Å². The van der Waals surface area contributed by atoms with Crippen LogP contribution in [0.15, 0.2) is 18.2 Å². The molecule has 110 valence electrons. The minimum absolute atomic E-state index is 0.0419. The fraction of sp³-hybridized carbons (Fsp3) is 0.500. The molecule has 0 spiro atoms. The lowest BCUT2D eigenvalue weighted by Gasteiger charge is -2.20. The zero-order valence-electron chi connectivity index (χ0n) is 11.0. The lowest BCUT2D eigenvalue weighted by molar-refractivity contribution is -0.135. The number of amides is 1. The van der Waals surface area contributed by atoms with Crippen LogP contribution in [0.1, 0.15) is 34.3 Å². The Morgan fingerprint density at radius 3 is 2.90 bits per heavy atom. The number of rotatable bonds is 4. The highest BCUT2D eigenvalue weighted by atomic mass is 19.4. The van der Waals surface area contributed by atoms with Crippen molar-refractivity contribution >= 4 is 5.91 Å². The normalized spacial score (nSPS) is 14.8. The number of hydrogen-bond donors (Lipinski definition) is 2. The van der Waals surface area contributed by atoms with Crippen molar-refractivity contribution in [3.63, 3.8) is 0 Å². The lowest BCUT2D eigenvalue weighted by atomic mass is 9.95. The van der Waals surface area contributed by atoms with Gasteiger partial charge in [-0.25, -0.2) is 0 Å². The van der Waals surface area contributed by atoms with Gasteiger partial charge in [-0.05, 0) is 36.6 Å². The molecule has 0 aliphatic carbocycles. The van der Waals surface area contributed by atoms with Gasteiger partial charge < -0.3 is 10.6 Å². The van der Waals surface area contributed by atoms with Crippen molar-refractivity contribution in [3.8, 4) is 0 Å². The van der Waals surface area contributed by atoms with Crippen LogP contribution in [0.25, 0.3) is 0 Å². The minimum Gasteiger partial charge on any atom is -0.352 e. The van der Waals surface area contributed by atoms with E-state index in [1.165, 1.54) is 0 Å². The highest BCUT2D eigenvalue weighted by molar-refractivity contribution is 5.96. The lowest BCUT2D eigenvalue weighted by Crippen LogP contribution is -2.30. The molecule has 1 aliphatic heterocycles. The Morgan fingerprint density at radius 2 is 2.15 bits per heavy atom. The minimum atomic E-state index is -4.16. The summed E-state index contributed by atoms with van der Waals surface area (Å²) >= 11 is 0. The van der Waals surface area contributed by atoms with Gasteiger partial charge in [-0.3, -0.25) is 4.79 Å². The Bertz CT molecular complexity index is 486. The number of halogens is 3. The molecule has 20 heavy (non-hydrogen) atoms.